The van der Waals surface area contributed by atoms with Crippen LogP contribution in [0, 0.1) is 0 Å². The minimum absolute atomic E-state index is 0.248. The molecule has 184 valence electrons. The molecule has 2 aliphatic rings. The molecule has 8 nitrogen and oxygen atoms in total. The zero-order valence-electron chi connectivity index (χ0n) is 18.6. The molecule has 2 aromatic rings. The lowest BCUT2D eigenvalue weighted by Crippen LogP contribution is -2.61. The number of carboxylic acid groups (broad SMARTS) is 1. The van der Waals surface area contributed by atoms with Crippen molar-refractivity contribution < 1.29 is 32.5 Å². The van der Waals surface area contributed by atoms with E-state index in [4.69, 9.17) is 0 Å². The summed E-state index contributed by atoms with van der Waals surface area (Å²) >= 11 is 0. The Bertz CT molecular complexity index is 1090. The minimum atomic E-state index is -4.47. The maximum atomic E-state index is 13.1. The fourth-order valence-electron chi connectivity index (χ4n) is 4.74. The van der Waals surface area contributed by atoms with Gasteiger partial charge in [0, 0.05) is 31.4 Å². The molecule has 1 fully saturated rings. The van der Waals surface area contributed by atoms with E-state index in [0.29, 0.717) is 33.7 Å². The summed E-state index contributed by atoms with van der Waals surface area (Å²) in [6.07, 6.45) is -2.55. The van der Waals surface area contributed by atoms with Crippen LogP contribution < -0.4 is 4.90 Å². The topological polar surface area (TPSA) is 97.2 Å². The summed E-state index contributed by atoms with van der Waals surface area (Å²) in [5.41, 5.74) is 0.691. The molecule has 4 atom stereocenters. The van der Waals surface area contributed by atoms with Crippen molar-refractivity contribution in [3.05, 3.63) is 53.2 Å². The maximum Gasteiger partial charge on any atom is 0.417 e. The first kappa shape index (κ1) is 24.6. The zero-order valence-corrected chi connectivity index (χ0v) is 19.4. The third-order valence-corrected chi connectivity index (χ3v) is 7.51. The van der Waals surface area contributed by atoms with Crippen LogP contribution in [0.5, 0.6) is 0 Å². The van der Waals surface area contributed by atoms with Gasteiger partial charge in [0.1, 0.15) is 5.82 Å². The van der Waals surface area contributed by atoms with E-state index in [0.717, 1.165) is 17.8 Å². The van der Waals surface area contributed by atoms with Gasteiger partial charge in [-0.05, 0) is 66.7 Å². The molecule has 1 aromatic heterocycles. The molecule has 0 spiro atoms. The molecule has 0 amide bonds. The van der Waals surface area contributed by atoms with Crippen molar-refractivity contribution in [1.82, 2.24) is 14.6 Å². The van der Waals surface area contributed by atoms with Crippen LogP contribution in [0.2, 0.25) is 0 Å². The minimum Gasteiger partial charge on any atom is -0.481 e. The number of alkyl halides is 3. The number of hydrogen-bond donors (Lipinski definition) is 2. The molecule has 2 N–H and O–H groups in total. The number of anilines is 1. The monoisotopic (exact) mass is 498 g/mol. The van der Waals surface area contributed by atoms with E-state index in [1.165, 1.54) is 11.1 Å². The van der Waals surface area contributed by atoms with Gasteiger partial charge in [0.2, 0.25) is 0 Å². The van der Waals surface area contributed by atoms with Crippen LogP contribution >= 0.6 is 0 Å². The fraction of sp³-hybridized carbons (Fsp3) is 0.455. The number of rotatable bonds is 5. The van der Waals surface area contributed by atoms with Crippen molar-refractivity contribution in [2.45, 2.75) is 55.8 Å². The highest BCUT2D eigenvalue weighted by Crippen LogP contribution is 2.35. The predicted molar refractivity (Wildman–Crippen MR) is 117 cm³/mol. The number of aryl methyl sites for hydroxylation is 1. The summed E-state index contributed by atoms with van der Waals surface area (Å²) in [6, 6.07) is 6.75. The Kier molecular flexibility index (Phi) is 6.69. The lowest BCUT2D eigenvalue weighted by molar-refractivity contribution is -0.172. The van der Waals surface area contributed by atoms with Crippen molar-refractivity contribution in [3.63, 3.8) is 0 Å². The largest absolute Gasteiger partial charge is 0.481 e. The van der Waals surface area contributed by atoms with Gasteiger partial charge in [-0.25, -0.2) is 14.2 Å². The van der Waals surface area contributed by atoms with Gasteiger partial charge in [-0.15, -0.1) is 0 Å². The Labute approximate surface area is 197 Å². The van der Waals surface area contributed by atoms with Crippen LogP contribution in [-0.4, -0.2) is 60.2 Å². The van der Waals surface area contributed by atoms with Crippen molar-refractivity contribution in [3.8, 4) is 0 Å². The molecule has 0 saturated carbocycles. The Balaban J connectivity index is 1.48. The number of carboxylic acids is 1. The molecule has 0 bridgehead atoms. The summed E-state index contributed by atoms with van der Waals surface area (Å²) < 4.78 is 52.3. The van der Waals surface area contributed by atoms with Gasteiger partial charge in [0.05, 0.1) is 16.4 Å². The lowest BCUT2D eigenvalue weighted by atomic mass is 10.0. The van der Waals surface area contributed by atoms with Crippen molar-refractivity contribution in [2.75, 3.05) is 18.0 Å². The average Bonchev–Trinajstić information content (AvgIpc) is 3.21. The van der Waals surface area contributed by atoms with Crippen molar-refractivity contribution >= 4 is 22.8 Å². The molecule has 34 heavy (non-hydrogen) atoms. The highest BCUT2D eigenvalue weighted by atomic mass is 32.2. The fourth-order valence-corrected chi connectivity index (χ4v) is 5.68. The number of piperazine rings is 1. The van der Waals surface area contributed by atoms with E-state index < -0.39 is 34.6 Å². The van der Waals surface area contributed by atoms with Gasteiger partial charge in [0.15, 0.2) is 11.0 Å². The first-order chi connectivity index (χ1) is 16.0. The number of hydrogen-bond acceptors (Lipinski definition) is 6. The van der Waals surface area contributed by atoms with E-state index in [-0.39, 0.29) is 25.2 Å². The number of aliphatic carboxylic acids is 1. The molecule has 4 unspecified atom stereocenters. The van der Waals surface area contributed by atoms with Gasteiger partial charge >= 0.3 is 12.1 Å². The van der Waals surface area contributed by atoms with E-state index in [1.54, 1.807) is 18.2 Å². The maximum absolute atomic E-state index is 13.1. The second-order valence-electron chi connectivity index (χ2n) is 8.67. The number of hydrazine groups is 1. The highest BCUT2D eigenvalue weighted by Gasteiger charge is 2.37. The van der Waals surface area contributed by atoms with Gasteiger partial charge in [0.25, 0.3) is 0 Å². The molecule has 2 heterocycles. The van der Waals surface area contributed by atoms with Crippen LogP contribution in [0.4, 0.5) is 19.0 Å². The summed E-state index contributed by atoms with van der Waals surface area (Å²) in [7, 11) is -1.98. The molecule has 1 aliphatic carbocycles. The van der Waals surface area contributed by atoms with Crippen LogP contribution in [0.1, 0.15) is 42.9 Å². The van der Waals surface area contributed by atoms with Crippen molar-refractivity contribution in [1.29, 1.82) is 0 Å². The zero-order chi connectivity index (χ0) is 24.8. The van der Waals surface area contributed by atoms with Crippen LogP contribution in [-0.2, 0) is 28.4 Å². The third-order valence-electron chi connectivity index (χ3n) is 6.32. The molecule has 1 saturated heterocycles. The number of fused-ring (bicyclic) bond motifs is 1. The molecule has 1 aliphatic heterocycles. The molecule has 4 rings (SSSR count). The first-order valence-electron chi connectivity index (χ1n) is 10.8. The number of benzene rings is 1. The van der Waals surface area contributed by atoms with Gasteiger partial charge < -0.3 is 10.0 Å². The number of carbonyl (C=O) groups is 1. The number of halogens is 3. The van der Waals surface area contributed by atoms with E-state index >= 15 is 0 Å². The average molecular weight is 499 g/mol. The molecule has 12 heteroatoms. The van der Waals surface area contributed by atoms with E-state index in [9.17, 15) is 32.5 Å². The lowest BCUT2D eigenvalue weighted by Gasteiger charge is -2.46. The normalized spacial score (nSPS) is 24.3. The third kappa shape index (κ3) is 4.67. The van der Waals surface area contributed by atoms with Gasteiger partial charge in [-0.1, -0.05) is 6.07 Å². The Morgan fingerprint density at radius 3 is 2.41 bits per heavy atom. The predicted octanol–water partition coefficient (Wildman–Crippen LogP) is 3.44. The second kappa shape index (κ2) is 9.25. The molecule has 1 aromatic carbocycles. The Morgan fingerprint density at radius 1 is 1.18 bits per heavy atom. The smallest absolute Gasteiger partial charge is 0.417 e. The molecular formula is C22H25F3N4O4S. The standard InChI is InChI=1S/C22H25F3N4O4S/c1-13-11-27(12-14(2)28(13)20-8-5-16(10-26-20)22(23,24)25)29(32)34(33)17-6-3-15-4-7-18(21(30)31)19(15)9-17/h3,5-6,8-10,13-14,18,32H,4,7,11-12H2,1-2H3,(H,30,31). The van der Waals surface area contributed by atoms with Crippen LogP contribution in [0.15, 0.2) is 41.4 Å². The van der Waals surface area contributed by atoms with Crippen LogP contribution in [0.25, 0.3) is 0 Å². The van der Waals surface area contributed by atoms with Crippen molar-refractivity contribution in [2.24, 2.45) is 0 Å². The number of pyridine rings is 1. The summed E-state index contributed by atoms with van der Waals surface area (Å²) in [4.78, 5) is 17.6. The van der Waals surface area contributed by atoms with Gasteiger partial charge in [-0.3, -0.25) is 10.0 Å². The van der Waals surface area contributed by atoms with Crippen LogP contribution in [0.3, 0.4) is 0 Å². The first-order valence-corrected chi connectivity index (χ1v) is 11.9. The van der Waals surface area contributed by atoms with E-state index in [2.05, 4.69) is 4.98 Å². The Morgan fingerprint density at radius 2 is 1.85 bits per heavy atom. The van der Waals surface area contributed by atoms with Gasteiger partial charge in [-0.2, -0.15) is 13.2 Å². The summed E-state index contributed by atoms with van der Waals surface area (Å²) in [5, 5.41) is 21.7. The number of aromatic nitrogens is 1. The molecule has 0 radical (unpaired) electrons. The highest BCUT2D eigenvalue weighted by molar-refractivity contribution is 7.82. The Hall–Kier alpha value is -2.54. The summed E-state index contributed by atoms with van der Waals surface area (Å²) in [6.45, 7) is 4.17. The number of nitrogens with zero attached hydrogens (tertiary/aromatic N) is 4. The second-order valence-corrected chi connectivity index (χ2v) is 9.97. The summed E-state index contributed by atoms with van der Waals surface area (Å²) in [5.74, 6) is -1.20. The SMILES string of the molecule is CC1CN(N(O)S(=O)c2ccc3c(c2)C(C(=O)O)CC3)CC(C)N1c1ccc(C(F)(F)F)cn1. The molecular weight excluding hydrogens is 473 g/mol. The van der Waals surface area contributed by atoms with E-state index in [1.807, 2.05) is 18.7 Å². The quantitative estimate of drug-likeness (QED) is 0.610.